The predicted molar refractivity (Wildman–Crippen MR) is 47.5 cm³/mol. The molecule has 1 amide bonds. The lowest BCUT2D eigenvalue weighted by atomic mass is 10.2. The third-order valence-electron chi connectivity index (χ3n) is 2.96. The van der Waals surface area contributed by atoms with Gasteiger partial charge in [-0.05, 0) is 38.0 Å². The van der Waals surface area contributed by atoms with Crippen molar-refractivity contribution in [3.63, 3.8) is 0 Å². The molecule has 3 nitrogen and oxygen atoms in total. The maximum Gasteiger partial charge on any atom is 0.224 e. The molecule has 0 aromatic carbocycles. The molecule has 0 bridgehead atoms. The van der Waals surface area contributed by atoms with Crippen LogP contribution in [-0.2, 0) is 4.79 Å². The summed E-state index contributed by atoms with van der Waals surface area (Å²) in [4.78, 5) is 11.5. The summed E-state index contributed by atoms with van der Waals surface area (Å²) in [6.07, 6.45) is 3.67. The number of nitrogens with zero attached hydrogens (tertiary/aromatic N) is 1. The Morgan fingerprint density at radius 1 is 1.62 bits per heavy atom. The summed E-state index contributed by atoms with van der Waals surface area (Å²) in [6, 6.07) is 1.67. The van der Waals surface area contributed by atoms with Gasteiger partial charge in [-0.3, -0.25) is 4.79 Å². The van der Waals surface area contributed by atoms with Crippen molar-refractivity contribution in [1.82, 2.24) is 5.32 Å². The molecule has 0 saturated heterocycles. The number of amides is 1. The molecule has 70 valence electrons. The summed E-state index contributed by atoms with van der Waals surface area (Å²) in [7, 11) is 0. The van der Waals surface area contributed by atoms with Gasteiger partial charge in [-0.2, -0.15) is 5.26 Å². The average molecular weight is 178 g/mol. The Hall–Kier alpha value is -1.04. The molecule has 0 aromatic heterocycles. The van der Waals surface area contributed by atoms with Gasteiger partial charge < -0.3 is 5.32 Å². The lowest BCUT2D eigenvalue weighted by Gasteiger charge is -2.04. The number of carbonyl (C=O) groups excluding carboxylic acids is 1. The summed E-state index contributed by atoms with van der Waals surface area (Å²) >= 11 is 0. The third kappa shape index (κ3) is 1.82. The van der Waals surface area contributed by atoms with E-state index in [9.17, 15) is 4.79 Å². The molecule has 1 unspecified atom stereocenters. The monoisotopic (exact) mass is 178 g/mol. The molecule has 2 saturated carbocycles. The van der Waals surface area contributed by atoms with Gasteiger partial charge in [0.2, 0.25) is 5.91 Å². The van der Waals surface area contributed by atoms with Crippen molar-refractivity contribution in [2.75, 3.05) is 0 Å². The number of hydrogen-bond donors (Lipinski definition) is 1. The molecule has 3 atom stereocenters. The topological polar surface area (TPSA) is 52.9 Å². The highest BCUT2D eigenvalue weighted by Gasteiger charge is 2.51. The number of nitrogens with one attached hydrogen (secondary N) is 1. The van der Waals surface area contributed by atoms with Gasteiger partial charge in [-0.15, -0.1) is 0 Å². The molecule has 0 radical (unpaired) electrons. The number of hydrogen-bond acceptors (Lipinski definition) is 2. The minimum atomic E-state index is -0.340. The molecule has 2 aliphatic rings. The normalized spacial score (nSPS) is 33.2. The fourth-order valence-electron chi connectivity index (χ4n) is 1.91. The second-order valence-electron chi connectivity index (χ2n) is 4.20. The molecule has 2 rings (SSSR count). The van der Waals surface area contributed by atoms with Gasteiger partial charge in [-0.25, -0.2) is 0 Å². The first-order valence-corrected chi connectivity index (χ1v) is 4.92. The van der Waals surface area contributed by atoms with Gasteiger partial charge in [0, 0.05) is 5.92 Å². The van der Waals surface area contributed by atoms with E-state index >= 15 is 0 Å². The van der Waals surface area contributed by atoms with Crippen LogP contribution in [0.5, 0.6) is 0 Å². The van der Waals surface area contributed by atoms with Crippen molar-refractivity contribution in [2.24, 2.45) is 17.8 Å². The van der Waals surface area contributed by atoms with Crippen molar-refractivity contribution in [2.45, 2.75) is 32.2 Å². The van der Waals surface area contributed by atoms with Crippen LogP contribution in [0.25, 0.3) is 0 Å². The van der Waals surface area contributed by atoms with Crippen LogP contribution >= 0.6 is 0 Å². The van der Waals surface area contributed by atoms with Gasteiger partial charge in [-0.1, -0.05) is 0 Å². The molecule has 0 aromatic rings. The molecule has 1 N–H and O–H groups in total. The van der Waals surface area contributed by atoms with Gasteiger partial charge in [0.05, 0.1) is 6.07 Å². The predicted octanol–water partition coefficient (Wildman–Crippen LogP) is 1.06. The molecule has 2 aliphatic carbocycles. The van der Waals surface area contributed by atoms with Crippen molar-refractivity contribution in [3.8, 4) is 6.07 Å². The molecular weight excluding hydrogens is 164 g/mol. The highest BCUT2D eigenvalue weighted by molar-refractivity contribution is 5.82. The molecule has 3 heteroatoms. The van der Waals surface area contributed by atoms with Gasteiger partial charge in [0.1, 0.15) is 6.04 Å². The lowest BCUT2D eigenvalue weighted by Crippen LogP contribution is -2.33. The summed E-state index contributed by atoms with van der Waals surface area (Å²) in [5.41, 5.74) is 0. The highest BCUT2D eigenvalue weighted by atomic mass is 16.2. The highest BCUT2D eigenvalue weighted by Crippen LogP contribution is 2.54. The Morgan fingerprint density at radius 3 is 2.85 bits per heavy atom. The zero-order valence-electron chi connectivity index (χ0n) is 7.79. The minimum Gasteiger partial charge on any atom is -0.340 e. The minimum absolute atomic E-state index is 0.0888. The Morgan fingerprint density at radius 2 is 2.31 bits per heavy atom. The first kappa shape index (κ1) is 8.55. The molecule has 0 spiro atoms. The fraction of sp³-hybridized carbons (Fsp3) is 0.800. The maximum atomic E-state index is 11.5. The quantitative estimate of drug-likeness (QED) is 0.702. The lowest BCUT2D eigenvalue weighted by molar-refractivity contribution is -0.122. The Balaban J connectivity index is 1.76. The van der Waals surface area contributed by atoms with E-state index in [1.54, 1.807) is 6.92 Å². The third-order valence-corrected chi connectivity index (χ3v) is 2.96. The standard InChI is InChI=1S/C10H14N2O/c1-6(5-11)12-10(13)9-4-8(9)7-2-3-7/h6-9H,2-4H2,1H3,(H,12,13)/t6?,8-,9+/m1/s1. The van der Waals surface area contributed by atoms with Crippen LogP contribution in [-0.4, -0.2) is 11.9 Å². The number of rotatable bonds is 3. The Bertz CT molecular complexity index is 265. The van der Waals surface area contributed by atoms with Crippen LogP contribution in [0.3, 0.4) is 0 Å². The SMILES string of the molecule is CC(C#N)NC(=O)[C@H]1C[C@@H]1C1CC1. The van der Waals surface area contributed by atoms with Crippen molar-refractivity contribution in [1.29, 1.82) is 5.26 Å². The summed E-state index contributed by atoms with van der Waals surface area (Å²) < 4.78 is 0. The summed E-state index contributed by atoms with van der Waals surface area (Å²) in [5, 5.41) is 11.2. The van der Waals surface area contributed by atoms with E-state index in [0.717, 1.165) is 12.3 Å². The van der Waals surface area contributed by atoms with Gasteiger partial charge in [0.15, 0.2) is 0 Å². The molecule has 2 fully saturated rings. The molecule has 0 heterocycles. The zero-order chi connectivity index (χ0) is 9.42. The number of carbonyl (C=O) groups is 1. The average Bonchev–Trinajstić information content (AvgIpc) is 2.93. The first-order valence-electron chi connectivity index (χ1n) is 4.92. The van der Waals surface area contributed by atoms with Gasteiger partial charge in [0.25, 0.3) is 0 Å². The van der Waals surface area contributed by atoms with E-state index in [4.69, 9.17) is 5.26 Å². The Kier molecular flexibility index (Phi) is 1.99. The fourth-order valence-corrected chi connectivity index (χ4v) is 1.91. The van der Waals surface area contributed by atoms with Crippen molar-refractivity contribution in [3.05, 3.63) is 0 Å². The van der Waals surface area contributed by atoms with Gasteiger partial charge >= 0.3 is 0 Å². The second-order valence-corrected chi connectivity index (χ2v) is 4.20. The van der Waals surface area contributed by atoms with Crippen LogP contribution < -0.4 is 5.32 Å². The zero-order valence-corrected chi connectivity index (χ0v) is 7.79. The van der Waals surface area contributed by atoms with E-state index in [-0.39, 0.29) is 17.9 Å². The Labute approximate surface area is 78.1 Å². The van der Waals surface area contributed by atoms with Crippen LogP contribution in [0.4, 0.5) is 0 Å². The number of nitriles is 1. The van der Waals surface area contributed by atoms with E-state index < -0.39 is 0 Å². The summed E-state index contributed by atoms with van der Waals surface area (Å²) in [5.74, 6) is 1.79. The maximum absolute atomic E-state index is 11.5. The van der Waals surface area contributed by atoms with Crippen LogP contribution in [0.2, 0.25) is 0 Å². The molecule has 13 heavy (non-hydrogen) atoms. The molecule has 0 aliphatic heterocycles. The van der Waals surface area contributed by atoms with Crippen molar-refractivity contribution < 1.29 is 4.79 Å². The van der Waals surface area contributed by atoms with E-state index in [0.29, 0.717) is 5.92 Å². The second kappa shape index (κ2) is 3.02. The van der Waals surface area contributed by atoms with Crippen molar-refractivity contribution >= 4 is 5.91 Å². The van der Waals surface area contributed by atoms with Crippen LogP contribution in [0.15, 0.2) is 0 Å². The first-order chi connectivity index (χ1) is 6.22. The van der Waals surface area contributed by atoms with E-state index in [2.05, 4.69) is 5.32 Å². The largest absolute Gasteiger partial charge is 0.340 e. The van der Waals surface area contributed by atoms with Crippen LogP contribution in [0.1, 0.15) is 26.2 Å². The van der Waals surface area contributed by atoms with E-state index in [1.165, 1.54) is 12.8 Å². The van der Waals surface area contributed by atoms with Crippen LogP contribution in [0, 0.1) is 29.1 Å². The van der Waals surface area contributed by atoms with E-state index in [1.807, 2.05) is 6.07 Å². The summed E-state index contributed by atoms with van der Waals surface area (Å²) in [6.45, 7) is 1.71. The smallest absolute Gasteiger partial charge is 0.224 e. The molecular formula is C10H14N2O.